The van der Waals surface area contributed by atoms with Crippen molar-refractivity contribution < 1.29 is 9.72 Å². The van der Waals surface area contributed by atoms with Gasteiger partial charge in [-0.25, -0.2) is 0 Å². The van der Waals surface area contributed by atoms with E-state index in [0.29, 0.717) is 23.1 Å². The van der Waals surface area contributed by atoms with Crippen LogP contribution >= 0.6 is 15.9 Å². The maximum atomic E-state index is 11.5. The van der Waals surface area contributed by atoms with Crippen LogP contribution in [0.3, 0.4) is 0 Å². The molecule has 90 valence electrons. The van der Waals surface area contributed by atoms with E-state index >= 15 is 0 Å². The van der Waals surface area contributed by atoms with Gasteiger partial charge in [-0.05, 0) is 24.8 Å². The molecule has 0 saturated heterocycles. The van der Waals surface area contributed by atoms with E-state index in [1.165, 1.54) is 12.1 Å². The van der Waals surface area contributed by atoms with Crippen molar-refractivity contribution >= 4 is 27.4 Å². The maximum absolute atomic E-state index is 11.5. The lowest BCUT2D eigenvalue weighted by atomic mass is 9.97. The average molecular weight is 298 g/mol. The minimum absolute atomic E-state index is 0.0679. The minimum Gasteiger partial charge on any atom is -0.299 e. The molecule has 1 aliphatic carbocycles. The summed E-state index contributed by atoms with van der Waals surface area (Å²) < 4.78 is 0.714. The lowest BCUT2D eigenvalue weighted by molar-refractivity contribution is -0.384. The summed E-state index contributed by atoms with van der Waals surface area (Å²) in [5.41, 5.74) is 1.04. The number of benzene rings is 1. The van der Waals surface area contributed by atoms with Crippen LogP contribution in [-0.4, -0.2) is 10.7 Å². The Bertz CT molecular complexity index is 473. The first-order chi connectivity index (χ1) is 8.08. The van der Waals surface area contributed by atoms with Gasteiger partial charge in [0.1, 0.15) is 5.78 Å². The summed E-state index contributed by atoms with van der Waals surface area (Å²) in [7, 11) is 0. The fourth-order valence-corrected chi connectivity index (χ4v) is 2.71. The number of halogens is 1. The highest BCUT2D eigenvalue weighted by atomic mass is 79.9. The Hall–Kier alpha value is -1.23. The number of nitro groups is 1. The maximum Gasteiger partial charge on any atom is 0.270 e. The fraction of sp³-hybridized carbons (Fsp3) is 0.417. The molecule has 0 spiro atoms. The molecule has 1 aromatic rings. The SMILES string of the molecule is O=C1CCCC1Cc1ccc([N+](=O)[O-])cc1Br. The monoisotopic (exact) mass is 297 g/mol. The van der Waals surface area contributed by atoms with Crippen molar-refractivity contribution in [2.24, 2.45) is 5.92 Å². The number of rotatable bonds is 3. The minimum atomic E-state index is -0.421. The van der Waals surface area contributed by atoms with Gasteiger partial charge >= 0.3 is 0 Å². The first-order valence-corrected chi connectivity index (χ1v) is 6.33. The molecule has 17 heavy (non-hydrogen) atoms. The molecule has 1 aromatic carbocycles. The van der Waals surface area contributed by atoms with Crippen LogP contribution in [0, 0.1) is 16.0 Å². The fourth-order valence-electron chi connectivity index (χ4n) is 2.18. The Labute approximate surface area is 107 Å². The van der Waals surface area contributed by atoms with Crippen molar-refractivity contribution in [3.05, 3.63) is 38.3 Å². The van der Waals surface area contributed by atoms with E-state index in [9.17, 15) is 14.9 Å². The predicted octanol–water partition coefficient (Wildman–Crippen LogP) is 3.27. The standard InChI is InChI=1S/C12H12BrNO3/c13-11-7-10(14(16)17)5-4-8(11)6-9-2-1-3-12(9)15/h4-5,7,9H,1-3,6H2. The van der Waals surface area contributed by atoms with E-state index in [0.717, 1.165) is 18.4 Å². The first-order valence-electron chi connectivity index (χ1n) is 5.53. The van der Waals surface area contributed by atoms with Gasteiger partial charge in [0.25, 0.3) is 5.69 Å². The van der Waals surface area contributed by atoms with Crippen LogP contribution in [0.5, 0.6) is 0 Å². The van der Waals surface area contributed by atoms with Gasteiger partial charge in [-0.15, -0.1) is 0 Å². The second-order valence-corrected chi connectivity index (χ2v) is 5.15. The van der Waals surface area contributed by atoms with Crippen molar-refractivity contribution in [3.8, 4) is 0 Å². The number of nitro benzene ring substituents is 1. The summed E-state index contributed by atoms with van der Waals surface area (Å²) in [4.78, 5) is 21.7. The van der Waals surface area contributed by atoms with E-state index in [4.69, 9.17) is 0 Å². The lowest BCUT2D eigenvalue weighted by Gasteiger charge is -2.09. The molecule has 0 amide bonds. The summed E-state index contributed by atoms with van der Waals surface area (Å²) in [5, 5.41) is 10.6. The normalized spacial score (nSPS) is 19.6. The lowest BCUT2D eigenvalue weighted by Crippen LogP contribution is -2.09. The number of ketones is 1. The zero-order valence-electron chi connectivity index (χ0n) is 9.19. The Morgan fingerprint density at radius 3 is 2.76 bits per heavy atom. The number of hydrogen-bond donors (Lipinski definition) is 0. The van der Waals surface area contributed by atoms with Crippen LogP contribution in [0.2, 0.25) is 0 Å². The molecule has 2 rings (SSSR count). The Kier molecular flexibility index (Phi) is 3.57. The van der Waals surface area contributed by atoms with Gasteiger partial charge in [-0.3, -0.25) is 14.9 Å². The second-order valence-electron chi connectivity index (χ2n) is 4.29. The van der Waals surface area contributed by atoms with Crippen LogP contribution in [0.25, 0.3) is 0 Å². The predicted molar refractivity (Wildman–Crippen MR) is 66.8 cm³/mol. The highest BCUT2D eigenvalue weighted by molar-refractivity contribution is 9.10. The van der Waals surface area contributed by atoms with Crippen LogP contribution in [0.15, 0.2) is 22.7 Å². The molecule has 5 heteroatoms. The largest absolute Gasteiger partial charge is 0.299 e. The van der Waals surface area contributed by atoms with Crippen molar-refractivity contribution in [1.82, 2.24) is 0 Å². The molecule has 1 fully saturated rings. The van der Waals surface area contributed by atoms with Crippen LogP contribution in [-0.2, 0) is 11.2 Å². The summed E-state index contributed by atoms with van der Waals surface area (Å²) >= 11 is 3.33. The van der Waals surface area contributed by atoms with Crippen molar-refractivity contribution in [3.63, 3.8) is 0 Å². The van der Waals surface area contributed by atoms with Gasteiger partial charge in [0.15, 0.2) is 0 Å². The third kappa shape index (κ3) is 2.72. The Morgan fingerprint density at radius 2 is 2.24 bits per heavy atom. The van der Waals surface area contributed by atoms with E-state index < -0.39 is 4.92 Å². The van der Waals surface area contributed by atoms with Crippen molar-refractivity contribution in [2.45, 2.75) is 25.7 Å². The molecule has 0 aromatic heterocycles. The molecule has 1 atom stereocenters. The molecule has 1 saturated carbocycles. The quantitative estimate of drug-likeness (QED) is 0.635. The zero-order chi connectivity index (χ0) is 12.4. The smallest absolute Gasteiger partial charge is 0.270 e. The summed E-state index contributed by atoms with van der Waals surface area (Å²) in [5.74, 6) is 0.406. The summed E-state index contributed by atoms with van der Waals surface area (Å²) in [6, 6.07) is 4.71. The van der Waals surface area contributed by atoms with Crippen LogP contribution in [0.1, 0.15) is 24.8 Å². The highest BCUT2D eigenvalue weighted by Gasteiger charge is 2.25. The topological polar surface area (TPSA) is 60.2 Å². The molecular formula is C12H12BrNO3. The number of carbonyl (C=O) groups is 1. The van der Waals surface area contributed by atoms with Crippen LogP contribution < -0.4 is 0 Å². The molecule has 0 aliphatic heterocycles. The zero-order valence-corrected chi connectivity index (χ0v) is 10.8. The van der Waals surface area contributed by atoms with Gasteiger partial charge in [0.2, 0.25) is 0 Å². The summed E-state index contributed by atoms with van der Waals surface area (Å²) in [6.07, 6.45) is 3.25. The molecule has 0 radical (unpaired) electrons. The number of nitrogens with zero attached hydrogens (tertiary/aromatic N) is 1. The highest BCUT2D eigenvalue weighted by Crippen LogP contribution is 2.30. The molecule has 0 heterocycles. The molecule has 1 aliphatic rings. The van der Waals surface area contributed by atoms with Gasteiger partial charge in [-0.1, -0.05) is 22.0 Å². The van der Waals surface area contributed by atoms with Gasteiger partial charge in [-0.2, -0.15) is 0 Å². The first kappa shape index (κ1) is 12.2. The summed E-state index contributed by atoms with van der Waals surface area (Å²) in [6.45, 7) is 0. The second kappa shape index (κ2) is 4.96. The molecule has 1 unspecified atom stereocenters. The van der Waals surface area contributed by atoms with Gasteiger partial charge < -0.3 is 0 Å². The molecular weight excluding hydrogens is 286 g/mol. The van der Waals surface area contributed by atoms with Gasteiger partial charge in [0.05, 0.1) is 4.92 Å². The third-order valence-electron chi connectivity index (χ3n) is 3.14. The number of carbonyl (C=O) groups excluding carboxylic acids is 1. The van der Waals surface area contributed by atoms with Crippen LogP contribution in [0.4, 0.5) is 5.69 Å². The van der Waals surface area contributed by atoms with Crippen molar-refractivity contribution in [2.75, 3.05) is 0 Å². The Morgan fingerprint density at radius 1 is 1.47 bits per heavy atom. The number of non-ortho nitro benzene ring substituents is 1. The average Bonchev–Trinajstić information content (AvgIpc) is 2.67. The molecule has 0 N–H and O–H groups in total. The third-order valence-corrected chi connectivity index (χ3v) is 3.88. The molecule has 0 bridgehead atoms. The number of Topliss-reactive ketones (excluding diaryl/α,β-unsaturated/α-hetero) is 1. The number of hydrogen-bond acceptors (Lipinski definition) is 3. The van der Waals surface area contributed by atoms with Gasteiger partial charge in [0, 0.05) is 28.9 Å². The Balaban J connectivity index is 2.16. The van der Waals surface area contributed by atoms with E-state index in [1.54, 1.807) is 6.07 Å². The molecule has 4 nitrogen and oxygen atoms in total. The van der Waals surface area contributed by atoms with Crippen molar-refractivity contribution in [1.29, 1.82) is 0 Å². The van der Waals surface area contributed by atoms with E-state index in [1.807, 2.05) is 0 Å². The van der Waals surface area contributed by atoms with E-state index in [2.05, 4.69) is 15.9 Å². The van der Waals surface area contributed by atoms with E-state index in [-0.39, 0.29) is 11.6 Å².